The summed E-state index contributed by atoms with van der Waals surface area (Å²) in [4.78, 5) is 21.4. The molecule has 2 heterocycles. The van der Waals surface area contributed by atoms with Crippen LogP contribution in [0, 0.1) is 11.6 Å². The SMILES string of the molecule is CN(C)c1ccc(C(=O)O)c(Oc2nc(Oc3cccc(-c4cccc(CN)c4)c3)c(F)c(N3CC[C@@H](N(C)C)C3)c2F)c1. The summed E-state index contributed by atoms with van der Waals surface area (Å²) >= 11 is 0. The van der Waals surface area contributed by atoms with Crippen LogP contribution >= 0.6 is 0 Å². The van der Waals surface area contributed by atoms with Crippen LogP contribution in [0.4, 0.5) is 20.2 Å². The topological polar surface area (TPSA) is 104 Å². The number of aromatic carboxylic acids is 1. The lowest BCUT2D eigenvalue weighted by molar-refractivity contribution is 0.0694. The van der Waals surface area contributed by atoms with E-state index in [4.69, 9.17) is 15.2 Å². The van der Waals surface area contributed by atoms with Crippen molar-refractivity contribution in [3.63, 3.8) is 0 Å². The summed E-state index contributed by atoms with van der Waals surface area (Å²) in [5, 5.41) is 9.78. The first-order valence-electron chi connectivity index (χ1n) is 14.2. The molecule has 11 heteroatoms. The molecule has 5 rings (SSSR count). The third-order valence-corrected chi connectivity index (χ3v) is 7.67. The van der Waals surface area contributed by atoms with Gasteiger partial charge in [0.05, 0.1) is 0 Å². The van der Waals surface area contributed by atoms with Gasteiger partial charge < -0.3 is 35.0 Å². The Bertz CT molecular complexity index is 1680. The number of hydrogen-bond acceptors (Lipinski definition) is 8. The van der Waals surface area contributed by atoms with Crippen LogP contribution in [0.15, 0.2) is 66.7 Å². The summed E-state index contributed by atoms with van der Waals surface area (Å²) in [6, 6.07) is 19.2. The van der Waals surface area contributed by atoms with E-state index < -0.39 is 29.4 Å². The summed E-state index contributed by atoms with van der Waals surface area (Å²) in [7, 11) is 7.38. The first-order chi connectivity index (χ1) is 21.0. The first-order valence-corrected chi connectivity index (χ1v) is 14.2. The van der Waals surface area contributed by atoms with E-state index in [0.29, 0.717) is 31.7 Å². The number of carboxylic acids is 1. The minimum Gasteiger partial charge on any atom is -0.478 e. The molecule has 9 nitrogen and oxygen atoms in total. The summed E-state index contributed by atoms with van der Waals surface area (Å²) in [5.41, 5.74) is 8.53. The van der Waals surface area contributed by atoms with Crippen LogP contribution in [0.1, 0.15) is 22.3 Å². The molecule has 1 aliphatic rings. The van der Waals surface area contributed by atoms with Crippen LogP contribution in [0.3, 0.4) is 0 Å². The number of hydrogen-bond donors (Lipinski definition) is 2. The molecule has 0 amide bonds. The zero-order valence-electron chi connectivity index (χ0n) is 25.1. The van der Waals surface area contributed by atoms with E-state index in [1.165, 1.54) is 12.1 Å². The molecule has 1 aromatic heterocycles. The fourth-order valence-electron chi connectivity index (χ4n) is 5.15. The number of anilines is 2. The molecule has 0 aliphatic carbocycles. The van der Waals surface area contributed by atoms with Crippen LogP contribution in [0.2, 0.25) is 0 Å². The highest BCUT2D eigenvalue weighted by Crippen LogP contribution is 2.41. The van der Waals surface area contributed by atoms with Crippen molar-refractivity contribution in [3.8, 4) is 34.4 Å². The molecule has 0 unspecified atom stereocenters. The van der Waals surface area contributed by atoms with Gasteiger partial charge in [-0.3, -0.25) is 0 Å². The van der Waals surface area contributed by atoms with Gasteiger partial charge in [0.1, 0.15) is 22.7 Å². The van der Waals surface area contributed by atoms with Gasteiger partial charge in [0.2, 0.25) is 11.6 Å². The minimum atomic E-state index is -1.27. The van der Waals surface area contributed by atoms with Gasteiger partial charge in [-0.05, 0) is 67.5 Å². The number of ether oxygens (including phenoxy) is 2. The Balaban J connectivity index is 1.59. The van der Waals surface area contributed by atoms with Gasteiger partial charge in [0.15, 0.2) is 0 Å². The van der Waals surface area contributed by atoms with Crippen LogP contribution in [0.25, 0.3) is 11.1 Å². The summed E-state index contributed by atoms with van der Waals surface area (Å²) < 4.78 is 44.1. The number of carboxylic acid groups (broad SMARTS) is 1. The zero-order valence-corrected chi connectivity index (χ0v) is 25.1. The van der Waals surface area contributed by atoms with E-state index in [9.17, 15) is 9.90 Å². The fraction of sp³-hybridized carbons (Fsp3) is 0.273. The van der Waals surface area contributed by atoms with Crippen molar-refractivity contribution in [2.45, 2.75) is 19.0 Å². The Kier molecular flexibility index (Phi) is 8.98. The van der Waals surface area contributed by atoms with Crippen LogP contribution < -0.4 is 25.0 Å². The Labute approximate surface area is 255 Å². The Morgan fingerprint density at radius 1 is 0.977 bits per heavy atom. The molecular weight excluding hydrogens is 568 g/mol. The van der Waals surface area contributed by atoms with Crippen LogP contribution in [-0.4, -0.2) is 68.3 Å². The molecule has 0 saturated carbocycles. The molecule has 3 N–H and O–H groups in total. The Morgan fingerprint density at radius 2 is 1.66 bits per heavy atom. The Morgan fingerprint density at radius 3 is 2.30 bits per heavy atom. The highest BCUT2D eigenvalue weighted by Gasteiger charge is 2.33. The quantitative estimate of drug-likeness (QED) is 0.227. The average Bonchev–Trinajstić information content (AvgIpc) is 3.50. The molecule has 1 atom stereocenters. The highest BCUT2D eigenvalue weighted by atomic mass is 19.1. The van der Waals surface area contributed by atoms with E-state index in [0.717, 1.165) is 16.7 Å². The number of carbonyl (C=O) groups is 1. The smallest absolute Gasteiger partial charge is 0.339 e. The van der Waals surface area contributed by atoms with Gasteiger partial charge in [0.25, 0.3) is 11.8 Å². The molecule has 230 valence electrons. The molecular formula is C33H35F2N5O4. The van der Waals surface area contributed by atoms with Crippen molar-refractivity contribution in [3.05, 3.63) is 89.5 Å². The van der Waals surface area contributed by atoms with Gasteiger partial charge in [-0.15, -0.1) is 0 Å². The van der Waals surface area contributed by atoms with Crippen molar-refractivity contribution in [2.24, 2.45) is 5.73 Å². The number of pyridine rings is 1. The molecule has 1 aliphatic heterocycles. The largest absolute Gasteiger partial charge is 0.478 e. The molecule has 3 aromatic carbocycles. The number of nitrogens with two attached hydrogens (primary N) is 1. The fourth-order valence-corrected chi connectivity index (χ4v) is 5.15. The average molecular weight is 604 g/mol. The number of benzene rings is 3. The molecule has 44 heavy (non-hydrogen) atoms. The molecule has 1 saturated heterocycles. The second kappa shape index (κ2) is 12.9. The van der Waals surface area contributed by atoms with Crippen LogP contribution in [0.5, 0.6) is 23.3 Å². The molecule has 1 fully saturated rings. The summed E-state index contributed by atoms with van der Waals surface area (Å²) in [6.45, 7) is 1.14. The first kappa shape index (κ1) is 30.7. The van der Waals surface area contributed by atoms with E-state index in [1.807, 2.05) is 49.3 Å². The lowest BCUT2D eigenvalue weighted by Gasteiger charge is -2.24. The van der Waals surface area contributed by atoms with Crippen molar-refractivity contribution < 1.29 is 28.2 Å². The maximum atomic E-state index is 16.2. The number of rotatable bonds is 10. The second-order valence-corrected chi connectivity index (χ2v) is 11.1. The lowest BCUT2D eigenvalue weighted by atomic mass is 10.0. The number of halogens is 2. The molecule has 0 spiro atoms. The van der Waals surface area contributed by atoms with Gasteiger partial charge in [0, 0.05) is 51.5 Å². The minimum absolute atomic E-state index is 0.0760. The second-order valence-electron chi connectivity index (χ2n) is 11.1. The van der Waals surface area contributed by atoms with Gasteiger partial charge >= 0.3 is 5.97 Å². The highest BCUT2D eigenvalue weighted by molar-refractivity contribution is 5.91. The third kappa shape index (κ3) is 6.43. The zero-order chi connectivity index (χ0) is 31.5. The lowest BCUT2D eigenvalue weighted by Crippen LogP contribution is -2.32. The van der Waals surface area contributed by atoms with E-state index in [2.05, 4.69) is 4.98 Å². The predicted molar refractivity (Wildman–Crippen MR) is 166 cm³/mol. The standard InChI is InChI=1S/C33H35F2N5O4/c1-38(2)23-11-12-26(33(41)42)27(17-23)44-32-29(35)30(40-14-13-24(19-40)39(3)4)28(34)31(37-32)43-25-10-6-9-22(16-25)21-8-5-7-20(15-21)18-36/h5-12,15-17,24H,13-14,18-19,36H2,1-4H3,(H,41,42)/t24-/m1/s1. The molecule has 4 aromatic rings. The monoisotopic (exact) mass is 603 g/mol. The van der Waals surface area contributed by atoms with Crippen molar-refractivity contribution in [1.29, 1.82) is 0 Å². The number of aromatic nitrogens is 1. The maximum absolute atomic E-state index is 16.2. The molecule has 0 radical (unpaired) electrons. The predicted octanol–water partition coefficient (Wildman–Crippen LogP) is 5.97. The van der Waals surface area contributed by atoms with Gasteiger partial charge in [-0.2, -0.15) is 13.8 Å². The van der Waals surface area contributed by atoms with Crippen LogP contribution in [-0.2, 0) is 6.54 Å². The third-order valence-electron chi connectivity index (χ3n) is 7.67. The normalized spacial score (nSPS) is 14.6. The molecule has 0 bridgehead atoms. The van der Waals surface area contributed by atoms with Crippen molar-refractivity contribution in [1.82, 2.24) is 9.88 Å². The summed E-state index contributed by atoms with van der Waals surface area (Å²) in [6.07, 6.45) is 0.693. The number of likely N-dealkylation sites (N-methyl/N-ethyl adjacent to an activating group) is 1. The summed E-state index contributed by atoms with van der Waals surface area (Å²) in [5.74, 6) is -4.28. The Hall–Kier alpha value is -4.74. The van der Waals surface area contributed by atoms with E-state index >= 15 is 8.78 Å². The maximum Gasteiger partial charge on any atom is 0.339 e. The van der Waals surface area contributed by atoms with Gasteiger partial charge in [-0.1, -0.05) is 30.3 Å². The van der Waals surface area contributed by atoms with Crippen molar-refractivity contribution in [2.75, 3.05) is 51.1 Å². The number of nitrogens with zero attached hydrogens (tertiary/aromatic N) is 4. The van der Waals surface area contributed by atoms with E-state index in [-0.39, 0.29) is 28.8 Å². The van der Waals surface area contributed by atoms with Gasteiger partial charge in [-0.25, -0.2) is 4.79 Å². The van der Waals surface area contributed by atoms with Crippen molar-refractivity contribution >= 4 is 17.3 Å². The van der Waals surface area contributed by atoms with E-state index in [1.54, 1.807) is 48.2 Å².